The first-order valence-electron chi connectivity index (χ1n) is 35.1. The lowest BCUT2D eigenvalue weighted by atomic mass is 10.0. The molecule has 81 heavy (non-hydrogen) atoms. The van der Waals surface area contributed by atoms with Crippen LogP contribution in [0.25, 0.3) is 0 Å². The van der Waals surface area contributed by atoms with Crippen LogP contribution in [-0.4, -0.2) is 37.2 Å². The van der Waals surface area contributed by atoms with Gasteiger partial charge in [-0.25, -0.2) is 0 Å². The molecule has 1 atom stereocenters. The third-order valence-corrected chi connectivity index (χ3v) is 15.4. The van der Waals surface area contributed by atoms with E-state index in [-0.39, 0.29) is 31.1 Å². The third-order valence-electron chi connectivity index (χ3n) is 15.4. The van der Waals surface area contributed by atoms with Gasteiger partial charge in [-0.2, -0.15) is 0 Å². The van der Waals surface area contributed by atoms with Gasteiger partial charge in [0.15, 0.2) is 6.10 Å². The first-order valence-corrected chi connectivity index (χ1v) is 35.1. The first-order chi connectivity index (χ1) is 40.0. The third kappa shape index (κ3) is 67.3. The van der Waals surface area contributed by atoms with Gasteiger partial charge in [-0.15, -0.1) is 0 Å². The maximum absolute atomic E-state index is 12.9. The topological polar surface area (TPSA) is 78.9 Å². The zero-order chi connectivity index (χ0) is 58.5. The molecule has 0 saturated carbocycles. The maximum Gasteiger partial charge on any atom is 0.306 e. The average Bonchev–Trinajstić information content (AvgIpc) is 3.47. The second-order valence-electron chi connectivity index (χ2n) is 23.4. The average molecular weight is 1130 g/mol. The van der Waals surface area contributed by atoms with Gasteiger partial charge in [0, 0.05) is 19.3 Å². The Kier molecular flexibility index (Phi) is 66.2. The summed E-state index contributed by atoms with van der Waals surface area (Å²) in [6, 6.07) is 0. The largest absolute Gasteiger partial charge is 0.462 e. The summed E-state index contributed by atoms with van der Waals surface area (Å²) in [5.74, 6) is -0.873. The normalized spacial score (nSPS) is 12.6. The minimum absolute atomic E-state index is 0.0778. The zero-order valence-corrected chi connectivity index (χ0v) is 53.8. The highest BCUT2D eigenvalue weighted by Gasteiger charge is 2.19. The Labute approximate surface area is 503 Å². The molecule has 0 aromatic rings. The summed E-state index contributed by atoms with van der Waals surface area (Å²) in [5.41, 5.74) is 0. The Bertz CT molecular complexity index is 1530. The summed E-state index contributed by atoms with van der Waals surface area (Å²) in [7, 11) is 0. The SMILES string of the molecule is CC/C=C\C/C=C\C/C=C\C/C=C\C/C=C\C/C=C\CCCCCCCCCCCCC(=O)OCC(COC(=O)CCCCCCC/C=C\CCCC)OC(=O)CCCCCCCCCCCCCCCCCCCCCCCCC. The standard InChI is InChI=1S/C75H132O6/c1-4-7-10-13-16-19-22-24-26-28-30-32-34-35-36-37-38-39-41-42-44-46-48-50-53-56-59-62-65-68-74(77)80-71-72(70-79-73(76)67-64-61-58-55-52-21-18-15-12-9-6-3)81-75(78)69-66-63-60-57-54-51-49-47-45-43-40-33-31-29-27-25-23-20-17-14-11-8-5-2/h7,10,15-16,18-19,24,26,30,32,35-36,38-39,72H,4-6,8-9,11-14,17,20-23,25,27-29,31,33-34,37,40-71H2,1-3H3/b10-7-,18-15-,19-16-,26-24-,32-30-,36-35-,39-38-. The van der Waals surface area contributed by atoms with E-state index in [4.69, 9.17) is 14.2 Å². The second kappa shape index (κ2) is 69.1. The van der Waals surface area contributed by atoms with Crippen LogP contribution in [-0.2, 0) is 28.6 Å². The molecule has 1 unspecified atom stereocenters. The lowest BCUT2D eigenvalue weighted by Gasteiger charge is -2.18. The van der Waals surface area contributed by atoms with Crippen LogP contribution in [0.4, 0.5) is 0 Å². The molecule has 0 heterocycles. The Balaban J connectivity index is 4.22. The summed E-state index contributed by atoms with van der Waals surface area (Å²) < 4.78 is 17.0. The highest BCUT2D eigenvalue weighted by Crippen LogP contribution is 2.18. The van der Waals surface area contributed by atoms with Crippen molar-refractivity contribution >= 4 is 17.9 Å². The van der Waals surface area contributed by atoms with Crippen molar-refractivity contribution < 1.29 is 28.6 Å². The molecule has 0 bridgehead atoms. The van der Waals surface area contributed by atoms with Crippen molar-refractivity contribution in [3.05, 3.63) is 85.1 Å². The molecule has 0 spiro atoms. The van der Waals surface area contributed by atoms with Gasteiger partial charge in [-0.05, 0) is 89.9 Å². The van der Waals surface area contributed by atoms with Crippen LogP contribution < -0.4 is 0 Å². The molecule has 0 aliphatic rings. The van der Waals surface area contributed by atoms with Gasteiger partial charge in [0.25, 0.3) is 0 Å². The molecule has 0 aromatic carbocycles. The van der Waals surface area contributed by atoms with Crippen molar-refractivity contribution in [2.75, 3.05) is 13.2 Å². The molecule has 6 heteroatoms. The number of allylic oxidation sites excluding steroid dienone is 14. The predicted molar refractivity (Wildman–Crippen MR) is 353 cm³/mol. The molecule has 0 aliphatic carbocycles. The van der Waals surface area contributed by atoms with Crippen molar-refractivity contribution in [1.82, 2.24) is 0 Å². The van der Waals surface area contributed by atoms with E-state index in [1.807, 2.05) is 0 Å². The summed E-state index contributed by atoms with van der Waals surface area (Å²) >= 11 is 0. The molecule has 6 nitrogen and oxygen atoms in total. The minimum Gasteiger partial charge on any atom is -0.462 e. The number of hydrogen-bond donors (Lipinski definition) is 0. The number of ether oxygens (including phenoxy) is 3. The summed E-state index contributed by atoms with van der Waals surface area (Å²) in [4.78, 5) is 38.4. The van der Waals surface area contributed by atoms with E-state index in [1.165, 1.54) is 212 Å². The molecule has 0 N–H and O–H groups in total. The van der Waals surface area contributed by atoms with Crippen LogP contribution in [0.2, 0.25) is 0 Å². The molecule has 0 aromatic heterocycles. The zero-order valence-electron chi connectivity index (χ0n) is 53.8. The summed E-state index contributed by atoms with van der Waals surface area (Å²) in [6.45, 7) is 6.53. The van der Waals surface area contributed by atoms with Gasteiger partial charge in [0.2, 0.25) is 0 Å². The number of rotatable bonds is 64. The Morgan fingerprint density at radius 2 is 0.494 bits per heavy atom. The van der Waals surface area contributed by atoms with Crippen molar-refractivity contribution in [1.29, 1.82) is 0 Å². The molecular weight excluding hydrogens is 997 g/mol. The van der Waals surface area contributed by atoms with Gasteiger partial charge < -0.3 is 14.2 Å². The quantitative estimate of drug-likeness (QED) is 0.0261. The molecule has 0 radical (unpaired) electrons. The Morgan fingerprint density at radius 1 is 0.259 bits per heavy atom. The fourth-order valence-electron chi connectivity index (χ4n) is 10.1. The number of carbonyl (C=O) groups excluding carboxylic acids is 3. The van der Waals surface area contributed by atoms with Gasteiger partial charge in [0.05, 0.1) is 0 Å². The van der Waals surface area contributed by atoms with Crippen molar-refractivity contribution in [2.45, 2.75) is 361 Å². The Hall–Kier alpha value is -3.41. The number of unbranched alkanes of at least 4 members (excludes halogenated alkanes) is 39. The molecule has 0 fully saturated rings. The fourth-order valence-corrected chi connectivity index (χ4v) is 10.1. The number of esters is 3. The molecular formula is C75H132O6. The van der Waals surface area contributed by atoms with Crippen molar-refractivity contribution in [2.24, 2.45) is 0 Å². The van der Waals surface area contributed by atoms with Crippen LogP contribution in [0.1, 0.15) is 355 Å². The van der Waals surface area contributed by atoms with Gasteiger partial charge in [0.1, 0.15) is 13.2 Å². The Morgan fingerprint density at radius 3 is 0.802 bits per heavy atom. The fraction of sp³-hybridized carbons (Fsp3) is 0.773. The van der Waals surface area contributed by atoms with Crippen LogP contribution in [0.3, 0.4) is 0 Å². The molecule has 0 amide bonds. The van der Waals surface area contributed by atoms with E-state index in [0.717, 1.165) is 103 Å². The van der Waals surface area contributed by atoms with Crippen molar-refractivity contribution in [3.8, 4) is 0 Å². The van der Waals surface area contributed by atoms with Gasteiger partial charge in [-0.1, -0.05) is 331 Å². The minimum atomic E-state index is -0.781. The van der Waals surface area contributed by atoms with E-state index in [0.29, 0.717) is 19.3 Å². The van der Waals surface area contributed by atoms with Crippen LogP contribution in [0, 0.1) is 0 Å². The van der Waals surface area contributed by atoms with Crippen LogP contribution in [0.15, 0.2) is 85.1 Å². The van der Waals surface area contributed by atoms with Gasteiger partial charge >= 0.3 is 17.9 Å². The van der Waals surface area contributed by atoms with E-state index in [1.54, 1.807) is 0 Å². The second-order valence-corrected chi connectivity index (χ2v) is 23.4. The first kappa shape index (κ1) is 77.6. The lowest BCUT2D eigenvalue weighted by molar-refractivity contribution is -0.167. The number of carbonyl (C=O) groups is 3. The molecule has 0 aliphatic heterocycles. The summed E-state index contributed by atoms with van der Waals surface area (Å²) in [5, 5.41) is 0. The smallest absolute Gasteiger partial charge is 0.306 e. The maximum atomic E-state index is 12.9. The predicted octanol–water partition coefficient (Wildman–Crippen LogP) is 24.2. The van der Waals surface area contributed by atoms with Crippen LogP contribution in [0.5, 0.6) is 0 Å². The summed E-state index contributed by atoms with van der Waals surface area (Å²) in [6.07, 6.45) is 91.9. The van der Waals surface area contributed by atoms with E-state index >= 15 is 0 Å². The lowest BCUT2D eigenvalue weighted by Crippen LogP contribution is -2.30. The highest BCUT2D eigenvalue weighted by molar-refractivity contribution is 5.71. The highest BCUT2D eigenvalue weighted by atomic mass is 16.6. The van der Waals surface area contributed by atoms with Crippen LogP contribution >= 0.6 is 0 Å². The molecule has 0 rings (SSSR count). The number of hydrogen-bond acceptors (Lipinski definition) is 6. The molecule has 468 valence electrons. The van der Waals surface area contributed by atoms with Gasteiger partial charge in [-0.3, -0.25) is 14.4 Å². The van der Waals surface area contributed by atoms with E-state index < -0.39 is 6.10 Å². The van der Waals surface area contributed by atoms with E-state index in [2.05, 4.69) is 106 Å². The monoisotopic (exact) mass is 1130 g/mol. The van der Waals surface area contributed by atoms with E-state index in [9.17, 15) is 14.4 Å². The molecule has 0 saturated heterocycles. The van der Waals surface area contributed by atoms with Crippen molar-refractivity contribution in [3.63, 3.8) is 0 Å².